The fourth-order valence-electron chi connectivity index (χ4n) is 2.14. The van der Waals surface area contributed by atoms with Crippen LogP contribution in [0.25, 0.3) is 0 Å². The van der Waals surface area contributed by atoms with Crippen LogP contribution in [0.4, 0.5) is 0 Å². The maximum absolute atomic E-state index is 5.85. The molecule has 0 radical (unpaired) electrons. The van der Waals surface area contributed by atoms with E-state index in [-0.39, 0.29) is 0 Å². The zero-order valence-electron chi connectivity index (χ0n) is 9.96. The van der Waals surface area contributed by atoms with Gasteiger partial charge in [-0.3, -0.25) is 4.99 Å². The molecular formula is C16H14ClN. The summed E-state index contributed by atoms with van der Waals surface area (Å²) in [5.74, 6) is 0.606. The van der Waals surface area contributed by atoms with Gasteiger partial charge < -0.3 is 0 Å². The lowest BCUT2D eigenvalue weighted by Crippen LogP contribution is -1.87. The lowest BCUT2D eigenvalue weighted by Gasteiger charge is -1.96. The van der Waals surface area contributed by atoms with Crippen molar-refractivity contribution in [2.45, 2.75) is 18.4 Å². The standard InChI is InChI=1S/C16H14ClN/c17-14-8-6-12(7-9-14)11-18-16-10-15(16)13-4-2-1-3-5-13/h1-9,11,15-16H,10H2/t15-,16+/m0/s1. The van der Waals surface area contributed by atoms with Crippen LogP contribution in [0.5, 0.6) is 0 Å². The van der Waals surface area contributed by atoms with Gasteiger partial charge >= 0.3 is 0 Å². The molecule has 18 heavy (non-hydrogen) atoms. The third-order valence-corrected chi connectivity index (χ3v) is 3.52. The Balaban J connectivity index is 1.64. The highest BCUT2D eigenvalue weighted by molar-refractivity contribution is 6.30. The predicted octanol–water partition coefficient (Wildman–Crippen LogP) is 4.32. The predicted molar refractivity (Wildman–Crippen MR) is 76.6 cm³/mol. The van der Waals surface area contributed by atoms with Gasteiger partial charge in [-0.15, -0.1) is 0 Å². The van der Waals surface area contributed by atoms with Crippen molar-refractivity contribution in [3.63, 3.8) is 0 Å². The number of benzene rings is 2. The van der Waals surface area contributed by atoms with Crippen LogP contribution in [-0.4, -0.2) is 12.3 Å². The normalized spacial score (nSPS) is 22.3. The first-order valence-electron chi connectivity index (χ1n) is 6.16. The van der Waals surface area contributed by atoms with Crippen molar-refractivity contribution < 1.29 is 0 Å². The number of rotatable bonds is 3. The number of aliphatic imine (C=N–C) groups is 1. The van der Waals surface area contributed by atoms with Crippen LogP contribution in [0, 0.1) is 0 Å². The van der Waals surface area contributed by atoms with Crippen LogP contribution in [-0.2, 0) is 0 Å². The van der Waals surface area contributed by atoms with Gasteiger partial charge in [0.2, 0.25) is 0 Å². The summed E-state index contributed by atoms with van der Waals surface area (Å²) in [7, 11) is 0. The summed E-state index contributed by atoms with van der Waals surface area (Å²) in [6, 6.07) is 18.8. The van der Waals surface area contributed by atoms with Crippen LogP contribution >= 0.6 is 11.6 Å². The molecule has 0 aliphatic heterocycles. The molecule has 3 rings (SSSR count). The van der Waals surface area contributed by atoms with Gasteiger partial charge in [0, 0.05) is 17.2 Å². The molecule has 2 aromatic carbocycles. The van der Waals surface area contributed by atoms with Crippen molar-refractivity contribution in [2.24, 2.45) is 4.99 Å². The quantitative estimate of drug-likeness (QED) is 0.725. The zero-order chi connectivity index (χ0) is 12.4. The van der Waals surface area contributed by atoms with E-state index in [1.807, 2.05) is 30.5 Å². The van der Waals surface area contributed by atoms with Gasteiger partial charge in [0.15, 0.2) is 0 Å². The van der Waals surface area contributed by atoms with Gasteiger partial charge in [-0.25, -0.2) is 0 Å². The summed E-state index contributed by atoms with van der Waals surface area (Å²) >= 11 is 5.85. The maximum Gasteiger partial charge on any atom is 0.0575 e. The van der Waals surface area contributed by atoms with Crippen molar-refractivity contribution in [1.82, 2.24) is 0 Å². The Morgan fingerprint density at radius 3 is 2.44 bits per heavy atom. The summed E-state index contributed by atoms with van der Waals surface area (Å²) in [5.41, 5.74) is 2.51. The number of nitrogens with zero attached hydrogens (tertiary/aromatic N) is 1. The number of hydrogen-bond donors (Lipinski definition) is 0. The average Bonchev–Trinajstić information content (AvgIpc) is 3.19. The van der Waals surface area contributed by atoms with E-state index in [2.05, 4.69) is 35.3 Å². The van der Waals surface area contributed by atoms with Crippen molar-refractivity contribution in [1.29, 1.82) is 0 Å². The molecule has 0 heterocycles. The van der Waals surface area contributed by atoms with Gasteiger partial charge in [0.25, 0.3) is 0 Å². The van der Waals surface area contributed by atoms with Crippen LogP contribution in [0.15, 0.2) is 59.6 Å². The average molecular weight is 256 g/mol. The second-order valence-electron chi connectivity index (χ2n) is 4.65. The highest BCUT2D eigenvalue weighted by Gasteiger charge is 2.37. The Bertz CT molecular complexity index is 545. The Labute approximate surface area is 112 Å². The summed E-state index contributed by atoms with van der Waals surface area (Å²) < 4.78 is 0. The Hall–Kier alpha value is -1.60. The lowest BCUT2D eigenvalue weighted by atomic mass is 10.1. The Morgan fingerprint density at radius 2 is 1.72 bits per heavy atom. The van der Waals surface area contributed by atoms with Crippen LogP contribution in [0.2, 0.25) is 5.02 Å². The molecule has 2 atom stereocenters. The highest BCUT2D eigenvalue weighted by Crippen LogP contribution is 2.43. The molecule has 0 spiro atoms. The molecule has 0 amide bonds. The minimum absolute atomic E-state index is 0.447. The monoisotopic (exact) mass is 255 g/mol. The summed E-state index contributed by atoms with van der Waals surface area (Å²) in [5, 5.41) is 0.765. The van der Waals surface area contributed by atoms with Gasteiger partial charge in [0.05, 0.1) is 6.04 Å². The lowest BCUT2D eigenvalue weighted by molar-refractivity contribution is 0.995. The van der Waals surface area contributed by atoms with E-state index in [1.54, 1.807) is 0 Å². The van der Waals surface area contributed by atoms with Crippen molar-refractivity contribution in [3.8, 4) is 0 Å². The van der Waals surface area contributed by atoms with E-state index < -0.39 is 0 Å². The largest absolute Gasteiger partial charge is 0.289 e. The molecule has 90 valence electrons. The van der Waals surface area contributed by atoms with E-state index in [4.69, 9.17) is 11.6 Å². The van der Waals surface area contributed by atoms with Crippen molar-refractivity contribution in [2.75, 3.05) is 0 Å². The molecule has 1 aliphatic rings. The summed E-state index contributed by atoms with van der Waals surface area (Å²) in [6.45, 7) is 0. The molecule has 2 heteroatoms. The molecule has 0 aromatic heterocycles. The molecule has 1 fully saturated rings. The van der Waals surface area contributed by atoms with E-state index in [9.17, 15) is 0 Å². The van der Waals surface area contributed by atoms with Gasteiger partial charge in [-0.05, 0) is 29.7 Å². The highest BCUT2D eigenvalue weighted by atomic mass is 35.5. The molecule has 1 aliphatic carbocycles. The molecule has 0 bridgehead atoms. The molecule has 1 nitrogen and oxygen atoms in total. The molecule has 0 saturated heterocycles. The van der Waals surface area contributed by atoms with Gasteiger partial charge in [-0.1, -0.05) is 54.1 Å². The fourth-order valence-corrected chi connectivity index (χ4v) is 2.26. The molecule has 1 saturated carbocycles. The van der Waals surface area contributed by atoms with Crippen molar-refractivity contribution >= 4 is 17.8 Å². The molecule has 0 N–H and O–H groups in total. The first-order chi connectivity index (χ1) is 8.83. The maximum atomic E-state index is 5.85. The smallest absolute Gasteiger partial charge is 0.0575 e. The van der Waals surface area contributed by atoms with E-state index in [0.29, 0.717) is 12.0 Å². The minimum atomic E-state index is 0.447. The SMILES string of the molecule is Clc1ccc(C=N[C@@H]2C[C@H]2c2ccccc2)cc1. The minimum Gasteiger partial charge on any atom is -0.289 e. The van der Waals surface area contributed by atoms with Crippen LogP contribution in [0.1, 0.15) is 23.5 Å². The Morgan fingerprint density at radius 1 is 1.00 bits per heavy atom. The first kappa shape index (κ1) is 11.5. The van der Waals surface area contributed by atoms with Gasteiger partial charge in [-0.2, -0.15) is 0 Å². The molecular weight excluding hydrogens is 242 g/mol. The number of halogens is 1. The van der Waals surface area contributed by atoms with E-state index in [1.165, 1.54) is 5.56 Å². The molecule has 2 aromatic rings. The molecule has 0 unspecified atom stereocenters. The number of hydrogen-bond acceptors (Lipinski definition) is 1. The third kappa shape index (κ3) is 2.62. The van der Waals surface area contributed by atoms with E-state index >= 15 is 0 Å². The second-order valence-corrected chi connectivity index (χ2v) is 5.09. The van der Waals surface area contributed by atoms with Gasteiger partial charge in [0.1, 0.15) is 0 Å². The summed E-state index contributed by atoms with van der Waals surface area (Å²) in [6.07, 6.45) is 3.11. The third-order valence-electron chi connectivity index (χ3n) is 3.27. The topological polar surface area (TPSA) is 12.4 Å². The van der Waals surface area contributed by atoms with Crippen molar-refractivity contribution in [3.05, 3.63) is 70.7 Å². The zero-order valence-corrected chi connectivity index (χ0v) is 10.7. The fraction of sp³-hybridized carbons (Fsp3) is 0.188. The summed E-state index contributed by atoms with van der Waals surface area (Å²) in [4.78, 5) is 4.63. The first-order valence-corrected chi connectivity index (χ1v) is 6.54. The van der Waals surface area contributed by atoms with Crippen LogP contribution < -0.4 is 0 Å². The Kier molecular flexibility index (Phi) is 3.16. The van der Waals surface area contributed by atoms with E-state index in [0.717, 1.165) is 17.0 Å². The second kappa shape index (κ2) is 4.95. The van der Waals surface area contributed by atoms with Crippen LogP contribution in [0.3, 0.4) is 0 Å².